The van der Waals surface area contributed by atoms with Crippen LogP contribution >= 0.6 is 0 Å². The molecule has 0 saturated carbocycles. The number of aryl methyl sites for hydroxylation is 1. The first-order valence-corrected chi connectivity index (χ1v) is 9.65. The Morgan fingerprint density at radius 1 is 1.07 bits per heavy atom. The highest BCUT2D eigenvalue weighted by molar-refractivity contribution is 5.98. The van der Waals surface area contributed by atoms with Crippen molar-refractivity contribution in [2.24, 2.45) is 0 Å². The first-order valence-electron chi connectivity index (χ1n) is 9.65. The first-order chi connectivity index (χ1) is 13.1. The molecule has 0 bridgehead atoms. The van der Waals surface area contributed by atoms with Gasteiger partial charge in [-0.1, -0.05) is 24.3 Å². The Morgan fingerprint density at radius 3 is 2.63 bits per heavy atom. The van der Waals surface area contributed by atoms with Gasteiger partial charge in [-0.2, -0.15) is 0 Å². The summed E-state index contributed by atoms with van der Waals surface area (Å²) in [4.78, 5) is 28.9. The summed E-state index contributed by atoms with van der Waals surface area (Å²) >= 11 is 0. The molecule has 5 nitrogen and oxygen atoms in total. The lowest BCUT2D eigenvalue weighted by molar-refractivity contribution is -0.117. The van der Waals surface area contributed by atoms with E-state index >= 15 is 0 Å². The summed E-state index contributed by atoms with van der Waals surface area (Å²) in [5, 5.41) is 3.18. The van der Waals surface area contributed by atoms with E-state index in [1.54, 1.807) is 4.90 Å². The fourth-order valence-corrected chi connectivity index (χ4v) is 3.52. The van der Waals surface area contributed by atoms with Crippen molar-refractivity contribution in [1.29, 1.82) is 0 Å². The van der Waals surface area contributed by atoms with Gasteiger partial charge in [0.15, 0.2) is 0 Å². The number of hydrogen-bond acceptors (Lipinski definition) is 3. The maximum atomic E-state index is 12.7. The molecular formula is C22H27N3O2. The van der Waals surface area contributed by atoms with Crippen molar-refractivity contribution in [3.05, 3.63) is 59.7 Å². The second-order valence-corrected chi connectivity index (χ2v) is 6.69. The summed E-state index contributed by atoms with van der Waals surface area (Å²) in [6.07, 6.45) is 2.00. The van der Waals surface area contributed by atoms with Crippen molar-refractivity contribution >= 4 is 23.2 Å². The summed E-state index contributed by atoms with van der Waals surface area (Å²) in [6, 6.07) is 15.5. The number of carbonyl (C=O) groups is 2. The van der Waals surface area contributed by atoms with Gasteiger partial charge >= 0.3 is 0 Å². The van der Waals surface area contributed by atoms with Crippen LogP contribution in [0.1, 0.15) is 36.2 Å². The van der Waals surface area contributed by atoms with E-state index < -0.39 is 0 Å². The maximum absolute atomic E-state index is 12.7. The van der Waals surface area contributed by atoms with Crippen LogP contribution in [0.15, 0.2) is 48.5 Å². The van der Waals surface area contributed by atoms with Gasteiger partial charge in [0.05, 0.1) is 6.54 Å². The Balaban J connectivity index is 1.66. The van der Waals surface area contributed by atoms with Crippen LogP contribution in [0.4, 0.5) is 11.4 Å². The number of benzene rings is 2. The summed E-state index contributed by atoms with van der Waals surface area (Å²) in [7, 11) is 0. The van der Waals surface area contributed by atoms with Gasteiger partial charge < -0.3 is 15.1 Å². The van der Waals surface area contributed by atoms with Gasteiger partial charge in [0, 0.05) is 36.6 Å². The highest BCUT2D eigenvalue weighted by atomic mass is 16.2. The van der Waals surface area contributed by atoms with E-state index in [9.17, 15) is 9.59 Å². The van der Waals surface area contributed by atoms with Gasteiger partial charge in [0.2, 0.25) is 5.91 Å². The molecule has 1 aliphatic heterocycles. The normalized spacial score (nSPS) is 13.0. The second kappa shape index (κ2) is 8.71. The lowest BCUT2D eigenvalue weighted by Gasteiger charge is -2.29. The molecule has 5 heteroatoms. The Labute approximate surface area is 161 Å². The Morgan fingerprint density at radius 2 is 1.85 bits per heavy atom. The van der Waals surface area contributed by atoms with Crippen LogP contribution in [0.3, 0.4) is 0 Å². The molecule has 0 atom stereocenters. The molecular weight excluding hydrogens is 338 g/mol. The minimum atomic E-state index is 0.0138. The third kappa shape index (κ3) is 4.30. The minimum absolute atomic E-state index is 0.0138. The molecule has 1 aliphatic rings. The van der Waals surface area contributed by atoms with Crippen molar-refractivity contribution in [1.82, 2.24) is 4.90 Å². The molecule has 3 rings (SSSR count). The molecule has 0 unspecified atom stereocenters. The van der Waals surface area contributed by atoms with E-state index in [2.05, 4.69) is 11.4 Å². The highest BCUT2D eigenvalue weighted by Crippen LogP contribution is 2.26. The standard InChI is InChI=1S/C22H27N3O2/c1-3-24(4-2)22(27)18-10-7-12-19(15-18)23-16-21(26)25-14-8-11-17-9-5-6-13-20(17)25/h5-7,9-10,12-13,15,23H,3-4,8,11,14,16H2,1-2H3. The molecule has 27 heavy (non-hydrogen) atoms. The van der Waals surface area contributed by atoms with Gasteiger partial charge in [-0.3, -0.25) is 9.59 Å². The van der Waals surface area contributed by atoms with Crippen LogP contribution in [0.5, 0.6) is 0 Å². The predicted octanol–water partition coefficient (Wildman–Crippen LogP) is 3.56. The van der Waals surface area contributed by atoms with Gasteiger partial charge in [0.25, 0.3) is 5.91 Å². The topological polar surface area (TPSA) is 52.7 Å². The lowest BCUT2D eigenvalue weighted by atomic mass is 10.0. The summed E-state index contributed by atoms with van der Waals surface area (Å²) in [6.45, 7) is 6.26. The molecule has 0 aliphatic carbocycles. The minimum Gasteiger partial charge on any atom is -0.376 e. The maximum Gasteiger partial charge on any atom is 0.253 e. The number of hydrogen-bond donors (Lipinski definition) is 1. The quantitative estimate of drug-likeness (QED) is 0.852. The monoisotopic (exact) mass is 365 g/mol. The van der Waals surface area contributed by atoms with Crippen molar-refractivity contribution in [3.63, 3.8) is 0 Å². The number of para-hydroxylation sites is 1. The third-order valence-electron chi connectivity index (χ3n) is 5.02. The molecule has 0 aromatic heterocycles. The van der Waals surface area contributed by atoms with E-state index in [-0.39, 0.29) is 18.4 Å². The summed E-state index contributed by atoms with van der Waals surface area (Å²) in [5.41, 5.74) is 3.66. The van der Waals surface area contributed by atoms with Crippen LogP contribution < -0.4 is 10.2 Å². The Bertz CT molecular complexity index is 815. The fourth-order valence-electron chi connectivity index (χ4n) is 3.52. The zero-order valence-electron chi connectivity index (χ0n) is 16.1. The van der Waals surface area contributed by atoms with E-state index in [4.69, 9.17) is 0 Å². The summed E-state index contributed by atoms with van der Waals surface area (Å²) in [5.74, 6) is 0.0579. The van der Waals surface area contributed by atoms with Crippen molar-refractivity contribution in [3.8, 4) is 0 Å². The smallest absolute Gasteiger partial charge is 0.253 e. The molecule has 0 fully saturated rings. The average Bonchev–Trinajstić information content (AvgIpc) is 2.72. The first kappa shape index (κ1) is 19.0. The van der Waals surface area contributed by atoms with Crippen molar-refractivity contribution in [2.45, 2.75) is 26.7 Å². The number of anilines is 2. The number of rotatable bonds is 6. The van der Waals surface area contributed by atoms with Gasteiger partial charge in [-0.05, 0) is 56.5 Å². The fraction of sp³-hybridized carbons (Fsp3) is 0.364. The van der Waals surface area contributed by atoms with Gasteiger partial charge in [-0.15, -0.1) is 0 Å². The van der Waals surface area contributed by atoms with E-state index in [0.29, 0.717) is 18.7 Å². The third-order valence-corrected chi connectivity index (χ3v) is 5.02. The van der Waals surface area contributed by atoms with Crippen LogP contribution in [0, 0.1) is 0 Å². The van der Waals surface area contributed by atoms with Crippen LogP contribution in [0.25, 0.3) is 0 Å². The Hall–Kier alpha value is -2.82. The molecule has 0 radical (unpaired) electrons. The average molecular weight is 365 g/mol. The Kier molecular flexibility index (Phi) is 6.12. The molecule has 1 N–H and O–H groups in total. The number of amides is 2. The zero-order valence-corrected chi connectivity index (χ0v) is 16.1. The number of carbonyl (C=O) groups excluding carboxylic acids is 2. The lowest BCUT2D eigenvalue weighted by Crippen LogP contribution is -2.39. The molecule has 0 saturated heterocycles. The second-order valence-electron chi connectivity index (χ2n) is 6.69. The van der Waals surface area contributed by atoms with Crippen LogP contribution in [0.2, 0.25) is 0 Å². The van der Waals surface area contributed by atoms with E-state index in [1.165, 1.54) is 5.56 Å². The summed E-state index contributed by atoms with van der Waals surface area (Å²) < 4.78 is 0. The molecule has 2 aromatic rings. The van der Waals surface area contributed by atoms with Crippen LogP contribution in [-0.2, 0) is 11.2 Å². The SMILES string of the molecule is CCN(CC)C(=O)c1cccc(NCC(=O)N2CCCc3ccccc32)c1. The van der Waals surface area contributed by atoms with E-state index in [0.717, 1.165) is 30.8 Å². The number of nitrogens with zero attached hydrogens (tertiary/aromatic N) is 2. The number of fused-ring (bicyclic) bond motifs is 1. The predicted molar refractivity (Wildman–Crippen MR) is 109 cm³/mol. The van der Waals surface area contributed by atoms with Crippen molar-refractivity contribution < 1.29 is 9.59 Å². The zero-order chi connectivity index (χ0) is 19.2. The van der Waals surface area contributed by atoms with E-state index in [1.807, 2.05) is 61.2 Å². The highest BCUT2D eigenvalue weighted by Gasteiger charge is 2.21. The van der Waals surface area contributed by atoms with Gasteiger partial charge in [0.1, 0.15) is 0 Å². The van der Waals surface area contributed by atoms with Crippen molar-refractivity contribution in [2.75, 3.05) is 36.4 Å². The van der Waals surface area contributed by atoms with Gasteiger partial charge in [-0.25, -0.2) is 0 Å². The van der Waals surface area contributed by atoms with Crippen LogP contribution in [-0.4, -0.2) is 42.9 Å². The largest absolute Gasteiger partial charge is 0.376 e. The molecule has 2 amide bonds. The molecule has 0 spiro atoms. The molecule has 1 heterocycles. The molecule has 2 aromatic carbocycles. The number of nitrogens with one attached hydrogen (secondary N) is 1. The molecule has 142 valence electrons.